The van der Waals surface area contributed by atoms with E-state index >= 15 is 0 Å². The zero-order chi connectivity index (χ0) is 16.2. The van der Waals surface area contributed by atoms with Crippen LogP contribution in [0.4, 0.5) is 11.4 Å². The van der Waals surface area contributed by atoms with E-state index in [1.807, 2.05) is 30.3 Å². The van der Waals surface area contributed by atoms with Crippen LogP contribution in [-0.2, 0) is 16.0 Å². The van der Waals surface area contributed by atoms with Crippen LogP contribution in [0.3, 0.4) is 0 Å². The summed E-state index contributed by atoms with van der Waals surface area (Å²) in [7, 11) is 0. The number of nitrogens with one attached hydrogen (secondary N) is 2. The van der Waals surface area contributed by atoms with Gasteiger partial charge in [0.2, 0.25) is 5.91 Å². The minimum atomic E-state index is -0.506. The first-order valence-electron chi connectivity index (χ1n) is 7.57. The molecule has 2 amide bonds. The number of amides is 2. The van der Waals surface area contributed by atoms with Gasteiger partial charge in [0.15, 0.2) is 6.10 Å². The third-order valence-electron chi connectivity index (χ3n) is 3.68. The number of fused-ring (bicyclic) bond motifs is 1. The van der Waals surface area contributed by atoms with E-state index in [1.165, 1.54) is 0 Å². The highest BCUT2D eigenvalue weighted by molar-refractivity contribution is 5.99. The fraction of sp³-hybridized carbons (Fsp3) is 0.222. The molecule has 0 aromatic heterocycles. The molecule has 0 saturated heterocycles. The number of carbonyl (C=O) groups is 2. The standard InChI is InChI=1S/C18H18N2O3/c1-12-18(22)20-15-11-14(8-9-16(15)23-12)19-17(21)10-7-13-5-3-2-4-6-13/h2-6,8-9,11-12H,7,10H2,1H3,(H,19,21)(H,20,22)/t12-/m1/s1. The molecule has 5 nitrogen and oxygen atoms in total. The Labute approximate surface area is 134 Å². The van der Waals surface area contributed by atoms with Crippen molar-refractivity contribution >= 4 is 23.2 Å². The average molecular weight is 310 g/mol. The van der Waals surface area contributed by atoms with Gasteiger partial charge < -0.3 is 15.4 Å². The van der Waals surface area contributed by atoms with Crippen molar-refractivity contribution in [2.24, 2.45) is 0 Å². The second-order valence-electron chi connectivity index (χ2n) is 5.49. The molecule has 0 bridgehead atoms. The molecule has 5 heteroatoms. The predicted molar refractivity (Wildman–Crippen MR) is 88.6 cm³/mol. The molecule has 1 atom stereocenters. The van der Waals surface area contributed by atoms with Gasteiger partial charge in [-0.25, -0.2) is 0 Å². The van der Waals surface area contributed by atoms with Gasteiger partial charge in [-0.05, 0) is 37.1 Å². The number of hydrogen-bond acceptors (Lipinski definition) is 3. The van der Waals surface area contributed by atoms with Gasteiger partial charge in [0.25, 0.3) is 5.91 Å². The quantitative estimate of drug-likeness (QED) is 0.912. The van der Waals surface area contributed by atoms with E-state index in [0.29, 0.717) is 30.0 Å². The summed E-state index contributed by atoms with van der Waals surface area (Å²) in [6.07, 6.45) is 0.587. The summed E-state index contributed by atoms with van der Waals surface area (Å²) in [5.41, 5.74) is 2.34. The van der Waals surface area contributed by atoms with Crippen LogP contribution in [-0.4, -0.2) is 17.9 Å². The Bertz CT molecular complexity index is 728. The lowest BCUT2D eigenvalue weighted by Gasteiger charge is -2.23. The second-order valence-corrected chi connectivity index (χ2v) is 5.49. The average Bonchev–Trinajstić information content (AvgIpc) is 2.55. The monoisotopic (exact) mass is 310 g/mol. The highest BCUT2D eigenvalue weighted by atomic mass is 16.5. The second kappa shape index (κ2) is 6.52. The Balaban J connectivity index is 1.61. The molecule has 0 saturated carbocycles. The molecule has 1 aliphatic rings. The van der Waals surface area contributed by atoms with Crippen LogP contribution in [0.2, 0.25) is 0 Å². The third kappa shape index (κ3) is 3.69. The summed E-state index contributed by atoms with van der Waals surface area (Å²) in [4.78, 5) is 23.7. The van der Waals surface area contributed by atoms with Crippen molar-refractivity contribution < 1.29 is 14.3 Å². The Morgan fingerprint density at radius 3 is 2.78 bits per heavy atom. The third-order valence-corrected chi connectivity index (χ3v) is 3.68. The summed E-state index contributed by atoms with van der Waals surface area (Å²) < 4.78 is 5.48. The van der Waals surface area contributed by atoms with Crippen molar-refractivity contribution in [3.63, 3.8) is 0 Å². The van der Waals surface area contributed by atoms with Crippen LogP contribution in [0.25, 0.3) is 0 Å². The zero-order valence-corrected chi connectivity index (χ0v) is 12.8. The summed E-state index contributed by atoms with van der Waals surface area (Å²) in [6.45, 7) is 1.69. The molecule has 0 radical (unpaired) electrons. The number of hydrogen-bond donors (Lipinski definition) is 2. The fourth-order valence-electron chi connectivity index (χ4n) is 2.41. The first-order valence-corrected chi connectivity index (χ1v) is 7.57. The SMILES string of the molecule is C[C@H]1Oc2ccc(NC(=O)CCc3ccccc3)cc2NC1=O. The molecule has 0 aliphatic carbocycles. The number of rotatable bonds is 4. The van der Waals surface area contributed by atoms with Gasteiger partial charge in [0.05, 0.1) is 5.69 Å². The van der Waals surface area contributed by atoms with Gasteiger partial charge in [0.1, 0.15) is 5.75 Å². The highest BCUT2D eigenvalue weighted by Gasteiger charge is 2.23. The largest absolute Gasteiger partial charge is 0.479 e. The highest BCUT2D eigenvalue weighted by Crippen LogP contribution is 2.32. The minimum absolute atomic E-state index is 0.0646. The maximum Gasteiger partial charge on any atom is 0.265 e. The molecule has 3 rings (SSSR count). The molecule has 2 aromatic rings. The Morgan fingerprint density at radius 2 is 2.00 bits per heavy atom. The van der Waals surface area contributed by atoms with E-state index in [4.69, 9.17) is 4.74 Å². The Morgan fingerprint density at radius 1 is 1.22 bits per heavy atom. The maximum atomic E-state index is 12.0. The number of anilines is 2. The van der Waals surface area contributed by atoms with Gasteiger partial charge in [-0.3, -0.25) is 9.59 Å². The van der Waals surface area contributed by atoms with Crippen molar-refractivity contribution in [2.45, 2.75) is 25.9 Å². The van der Waals surface area contributed by atoms with E-state index in [0.717, 1.165) is 5.56 Å². The van der Waals surface area contributed by atoms with Gasteiger partial charge in [0, 0.05) is 12.1 Å². The molecule has 0 unspecified atom stereocenters. The van der Waals surface area contributed by atoms with E-state index < -0.39 is 6.10 Å². The lowest BCUT2D eigenvalue weighted by Crippen LogP contribution is -2.34. The van der Waals surface area contributed by atoms with Gasteiger partial charge in [-0.15, -0.1) is 0 Å². The summed E-state index contributed by atoms with van der Waals surface area (Å²) in [6, 6.07) is 15.1. The van der Waals surface area contributed by atoms with Gasteiger partial charge in [-0.2, -0.15) is 0 Å². The molecular formula is C18H18N2O3. The fourth-order valence-corrected chi connectivity index (χ4v) is 2.41. The number of ether oxygens (including phenoxy) is 1. The van der Waals surface area contributed by atoms with Crippen molar-refractivity contribution in [1.82, 2.24) is 0 Å². The Hall–Kier alpha value is -2.82. The molecule has 2 N–H and O–H groups in total. The van der Waals surface area contributed by atoms with E-state index in [-0.39, 0.29) is 11.8 Å². The number of carbonyl (C=O) groups excluding carboxylic acids is 2. The van der Waals surface area contributed by atoms with E-state index in [9.17, 15) is 9.59 Å². The van der Waals surface area contributed by atoms with Crippen molar-refractivity contribution in [2.75, 3.05) is 10.6 Å². The predicted octanol–water partition coefficient (Wildman–Crippen LogP) is 2.98. The summed E-state index contributed by atoms with van der Waals surface area (Å²) in [5.74, 6) is 0.356. The van der Waals surface area contributed by atoms with Crippen molar-refractivity contribution in [1.29, 1.82) is 0 Å². The van der Waals surface area contributed by atoms with Crippen molar-refractivity contribution in [3.05, 3.63) is 54.1 Å². The zero-order valence-electron chi connectivity index (χ0n) is 12.8. The lowest BCUT2D eigenvalue weighted by molar-refractivity contribution is -0.122. The molecule has 2 aromatic carbocycles. The summed E-state index contributed by atoms with van der Waals surface area (Å²) >= 11 is 0. The molecule has 23 heavy (non-hydrogen) atoms. The van der Waals surface area contributed by atoms with Crippen LogP contribution >= 0.6 is 0 Å². The Kier molecular flexibility index (Phi) is 4.28. The van der Waals surface area contributed by atoms with Gasteiger partial charge in [-0.1, -0.05) is 30.3 Å². The van der Waals surface area contributed by atoms with Crippen LogP contribution in [0, 0.1) is 0 Å². The lowest BCUT2D eigenvalue weighted by atomic mass is 10.1. The van der Waals surface area contributed by atoms with Crippen molar-refractivity contribution in [3.8, 4) is 5.75 Å². The van der Waals surface area contributed by atoms with Crippen LogP contribution in [0.5, 0.6) is 5.75 Å². The molecule has 118 valence electrons. The minimum Gasteiger partial charge on any atom is -0.479 e. The smallest absolute Gasteiger partial charge is 0.265 e. The normalized spacial score (nSPS) is 16.0. The molecule has 1 aliphatic heterocycles. The molecule has 1 heterocycles. The number of aryl methyl sites for hydroxylation is 1. The van der Waals surface area contributed by atoms with Gasteiger partial charge >= 0.3 is 0 Å². The molecular weight excluding hydrogens is 292 g/mol. The molecule has 0 fully saturated rings. The van der Waals surface area contributed by atoms with E-state index in [2.05, 4.69) is 10.6 Å². The van der Waals surface area contributed by atoms with Crippen LogP contribution in [0.15, 0.2) is 48.5 Å². The number of benzene rings is 2. The first kappa shape index (κ1) is 15.1. The summed E-state index contributed by atoms with van der Waals surface area (Å²) in [5, 5.41) is 5.61. The topological polar surface area (TPSA) is 67.4 Å². The maximum absolute atomic E-state index is 12.0. The molecule has 0 spiro atoms. The van der Waals surface area contributed by atoms with Crippen LogP contribution in [0.1, 0.15) is 18.9 Å². The van der Waals surface area contributed by atoms with Crippen LogP contribution < -0.4 is 15.4 Å². The first-order chi connectivity index (χ1) is 11.1. The van der Waals surface area contributed by atoms with E-state index in [1.54, 1.807) is 25.1 Å².